The third-order valence-corrected chi connectivity index (χ3v) is 5.94. The third kappa shape index (κ3) is 4.68. The second kappa shape index (κ2) is 9.97. The van der Waals surface area contributed by atoms with E-state index in [1.54, 1.807) is 39.1 Å². The van der Waals surface area contributed by atoms with Gasteiger partial charge in [-0.2, -0.15) is 0 Å². The maximum absolute atomic E-state index is 13.3. The first-order valence-electron chi connectivity index (χ1n) is 10.9. The van der Waals surface area contributed by atoms with E-state index in [0.29, 0.717) is 35.2 Å². The lowest BCUT2D eigenvalue weighted by molar-refractivity contribution is -0.00408. The molecule has 0 aliphatic heterocycles. The highest BCUT2D eigenvalue weighted by Gasteiger charge is 2.25. The van der Waals surface area contributed by atoms with Crippen molar-refractivity contribution >= 4 is 22.7 Å². The van der Waals surface area contributed by atoms with Crippen LogP contribution in [0.2, 0.25) is 0 Å². The van der Waals surface area contributed by atoms with E-state index in [1.807, 2.05) is 16.7 Å². The lowest BCUT2D eigenvalue weighted by atomic mass is 9.92. The molecule has 0 unspecified atom stereocenters. The van der Waals surface area contributed by atoms with E-state index in [1.165, 1.54) is 0 Å². The molecule has 1 aliphatic rings. The van der Waals surface area contributed by atoms with Crippen LogP contribution in [0, 0.1) is 0 Å². The lowest BCUT2D eigenvalue weighted by Crippen LogP contribution is -2.39. The van der Waals surface area contributed by atoms with Gasteiger partial charge in [-0.15, -0.1) is 0 Å². The van der Waals surface area contributed by atoms with Gasteiger partial charge in [0.2, 0.25) is 0 Å². The number of aromatic amines is 1. The Morgan fingerprint density at radius 3 is 2.66 bits per heavy atom. The van der Waals surface area contributed by atoms with Gasteiger partial charge in [-0.3, -0.25) is 9.59 Å². The summed E-state index contributed by atoms with van der Waals surface area (Å²) in [6.07, 6.45) is 10.5. The summed E-state index contributed by atoms with van der Waals surface area (Å²) in [5, 5.41) is 6.52. The molecule has 9 nitrogen and oxygen atoms in total. The third-order valence-electron chi connectivity index (χ3n) is 5.94. The lowest BCUT2D eigenvalue weighted by Gasteiger charge is -2.29. The second-order valence-corrected chi connectivity index (χ2v) is 7.98. The number of hydrogen-bond acceptors (Lipinski definition) is 5. The van der Waals surface area contributed by atoms with E-state index < -0.39 is 0 Å². The number of imidazole rings is 1. The molecule has 0 spiro atoms. The smallest absolute Gasteiger partial charge is 0.253 e. The van der Waals surface area contributed by atoms with Gasteiger partial charge in [-0.25, -0.2) is 4.98 Å². The molecule has 1 fully saturated rings. The number of aromatic nitrogens is 3. The summed E-state index contributed by atoms with van der Waals surface area (Å²) < 4.78 is 12.7. The number of rotatable bonds is 8. The summed E-state index contributed by atoms with van der Waals surface area (Å²) in [6.45, 7) is 1.19. The van der Waals surface area contributed by atoms with Crippen LogP contribution < -0.4 is 10.6 Å². The highest BCUT2D eigenvalue weighted by molar-refractivity contribution is 6.13. The largest absolute Gasteiger partial charge is 0.382 e. The molecule has 0 radical (unpaired) electrons. The molecule has 0 bridgehead atoms. The number of ether oxygens (including phenoxy) is 2. The van der Waals surface area contributed by atoms with Crippen LogP contribution in [0.5, 0.6) is 0 Å². The maximum atomic E-state index is 13.3. The molecule has 170 valence electrons. The van der Waals surface area contributed by atoms with Crippen LogP contribution in [-0.4, -0.2) is 65.9 Å². The molecule has 1 aromatic carbocycles. The van der Waals surface area contributed by atoms with E-state index in [4.69, 9.17) is 9.47 Å². The molecule has 0 saturated heterocycles. The van der Waals surface area contributed by atoms with Crippen molar-refractivity contribution in [3.05, 3.63) is 48.2 Å². The number of nitrogens with zero attached hydrogens (tertiary/aromatic N) is 2. The molecule has 9 heteroatoms. The van der Waals surface area contributed by atoms with Gasteiger partial charge >= 0.3 is 0 Å². The van der Waals surface area contributed by atoms with Crippen molar-refractivity contribution < 1.29 is 19.1 Å². The Morgan fingerprint density at radius 2 is 1.97 bits per heavy atom. The maximum Gasteiger partial charge on any atom is 0.253 e. The van der Waals surface area contributed by atoms with E-state index in [9.17, 15) is 9.59 Å². The summed E-state index contributed by atoms with van der Waals surface area (Å²) >= 11 is 0. The van der Waals surface area contributed by atoms with E-state index in [2.05, 4.69) is 20.6 Å². The number of nitrogens with one attached hydrogen (secondary N) is 3. The van der Waals surface area contributed by atoms with Crippen LogP contribution >= 0.6 is 0 Å². The Morgan fingerprint density at radius 1 is 1.16 bits per heavy atom. The van der Waals surface area contributed by atoms with Crippen molar-refractivity contribution in [2.45, 2.75) is 37.8 Å². The predicted octanol–water partition coefficient (Wildman–Crippen LogP) is 2.42. The van der Waals surface area contributed by atoms with E-state index >= 15 is 0 Å². The number of fused-ring (bicyclic) bond motifs is 1. The van der Waals surface area contributed by atoms with Gasteiger partial charge in [0.15, 0.2) is 0 Å². The molecular formula is C23H29N5O4. The van der Waals surface area contributed by atoms with Crippen molar-refractivity contribution in [3.63, 3.8) is 0 Å². The molecule has 2 heterocycles. The minimum atomic E-state index is -0.211. The van der Waals surface area contributed by atoms with Gasteiger partial charge in [0.05, 0.1) is 42.3 Å². The zero-order chi connectivity index (χ0) is 22.5. The number of carbonyl (C=O) groups excluding carboxylic acids is 2. The summed E-state index contributed by atoms with van der Waals surface area (Å²) in [5.74, 6) is -0.372. The molecule has 4 rings (SSSR count). The zero-order valence-corrected chi connectivity index (χ0v) is 18.4. The first kappa shape index (κ1) is 22.0. The summed E-state index contributed by atoms with van der Waals surface area (Å²) in [4.78, 5) is 32.8. The average Bonchev–Trinajstić information content (AvgIpc) is 3.49. The number of methoxy groups -OCH3 is 1. The monoisotopic (exact) mass is 439 g/mol. The minimum absolute atomic E-state index is 0.0881. The Kier molecular flexibility index (Phi) is 6.87. The van der Waals surface area contributed by atoms with E-state index in [0.717, 1.165) is 31.4 Å². The standard InChI is InChI=1S/C23H29N5O4/c1-24-22(29)20-13-26-21-18(20)11-16(28-8-7-25-14-28)12-19(21)23(30)27-15-3-5-17(6-4-15)32-10-9-31-2/h7-8,11-15,17,26H,3-6,9-10H2,1-2H3,(H,24,29)(H,27,30). The number of hydrogen-bond donors (Lipinski definition) is 3. The molecule has 0 atom stereocenters. The van der Waals surface area contributed by atoms with Crippen LogP contribution in [-0.2, 0) is 9.47 Å². The van der Waals surface area contributed by atoms with Crippen molar-refractivity contribution in [2.24, 2.45) is 0 Å². The Bertz CT molecular complexity index is 1070. The van der Waals surface area contributed by atoms with Crippen molar-refractivity contribution in [3.8, 4) is 5.69 Å². The van der Waals surface area contributed by atoms with Gasteiger partial charge in [0, 0.05) is 49.9 Å². The summed E-state index contributed by atoms with van der Waals surface area (Å²) in [6, 6.07) is 3.80. The highest BCUT2D eigenvalue weighted by atomic mass is 16.5. The van der Waals surface area contributed by atoms with Gasteiger partial charge in [0.25, 0.3) is 11.8 Å². The quantitative estimate of drug-likeness (QED) is 0.467. The fourth-order valence-corrected chi connectivity index (χ4v) is 4.21. The summed E-state index contributed by atoms with van der Waals surface area (Å²) in [5.41, 5.74) is 2.40. The molecular weight excluding hydrogens is 410 g/mol. The number of amides is 2. The number of H-pyrrole nitrogens is 1. The zero-order valence-electron chi connectivity index (χ0n) is 18.4. The first-order valence-corrected chi connectivity index (χ1v) is 10.9. The molecule has 2 aromatic heterocycles. The predicted molar refractivity (Wildman–Crippen MR) is 120 cm³/mol. The normalized spacial score (nSPS) is 18.6. The van der Waals surface area contributed by atoms with Crippen molar-refractivity contribution in [2.75, 3.05) is 27.4 Å². The van der Waals surface area contributed by atoms with Crippen LogP contribution in [0.25, 0.3) is 16.6 Å². The summed E-state index contributed by atoms with van der Waals surface area (Å²) in [7, 11) is 3.25. The Hall–Kier alpha value is -3.17. The second-order valence-electron chi connectivity index (χ2n) is 7.98. The van der Waals surface area contributed by atoms with Crippen LogP contribution in [0.15, 0.2) is 37.1 Å². The average molecular weight is 440 g/mol. The van der Waals surface area contributed by atoms with E-state index in [-0.39, 0.29) is 24.0 Å². The first-order chi connectivity index (χ1) is 15.6. The van der Waals surface area contributed by atoms with Crippen LogP contribution in [0.1, 0.15) is 46.4 Å². The highest BCUT2D eigenvalue weighted by Crippen LogP contribution is 2.27. The van der Waals surface area contributed by atoms with Crippen LogP contribution in [0.3, 0.4) is 0 Å². The SMILES string of the molecule is CNC(=O)c1c[nH]c2c(C(=O)NC3CCC(OCCOC)CC3)cc(-n3ccnc3)cc12. The molecule has 3 aromatic rings. The van der Waals surface area contributed by atoms with Gasteiger partial charge in [-0.1, -0.05) is 0 Å². The molecule has 1 saturated carbocycles. The fraction of sp³-hybridized carbons (Fsp3) is 0.435. The minimum Gasteiger partial charge on any atom is -0.382 e. The number of benzene rings is 1. The molecule has 2 amide bonds. The fourth-order valence-electron chi connectivity index (χ4n) is 4.21. The molecule has 32 heavy (non-hydrogen) atoms. The molecule has 1 aliphatic carbocycles. The Balaban J connectivity index is 1.55. The van der Waals surface area contributed by atoms with Crippen molar-refractivity contribution in [1.29, 1.82) is 0 Å². The number of carbonyl (C=O) groups is 2. The van der Waals surface area contributed by atoms with Crippen molar-refractivity contribution in [1.82, 2.24) is 25.2 Å². The Labute approximate surface area is 186 Å². The van der Waals surface area contributed by atoms with Crippen LogP contribution in [0.4, 0.5) is 0 Å². The van der Waals surface area contributed by atoms with Gasteiger partial charge < -0.3 is 29.7 Å². The molecule has 3 N–H and O–H groups in total. The topological polar surface area (TPSA) is 110 Å². The van der Waals surface area contributed by atoms with Gasteiger partial charge in [0.1, 0.15) is 0 Å². The van der Waals surface area contributed by atoms with Gasteiger partial charge in [-0.05, 0) is 37.8 Å².